The summed E-state index contributed by atoms with van der Waals surface area (Å²) < 4.78 is 40.4. The molecule has 2 aromatic carbocycles. The topological polar surface area (TPSA) is 82.6 Å². The van der Waals surface area contributed by atoms with Crippen molar-refractivity contribution in [3.05, 3.63) is 65.5 Å². The zero-order valence-electron chi connectivity index (χ0n) is 16.5. The Kier molecular flexibility index (Phi) is 7.22. The number of aliphatic imine (C=N–C) groups is 1. The molecule has 2 aromatic rings. The van der Waals surface area contributed by atoms with E-state index in [-0.39, 0.29) is 16.8 Å². The van der Waals surface area contributed by atoms with Gasteiger partial charge in [0.2, 0.25) is 10.0 Å². The minimum absolute atomic E-state index is 0.0883. The normalized spacial score (nSPS) is 14.6. The van der Waals surface area contributed by atoms with Gasteiger partial charge in [0.1, 0.15) is 5.82 Å². The molecule has 1 aliphatic carbocycles. The van der Waals surface area contributed by atoms with Crippen LogP contribution in [-0.2, 0) is 23.0 Å². The zero-order valence-corrected chi connectivity index (χ0v) is 17.3. The van der Waals surface area contributed by atoms with Crippen molar-refractivity contribution < 1.29 is 12.8 Å². The van der Waals surface area contributed by atoms with E-state index in [2.05, 4.69) is 20.3 Å². The Hall–Kier alpha value is -2.45. The minimum Gasteiger partial charge on any atom is -0.357 e. The van der Waals surface area contributed by atoms with Gasteiger partial charge in [-0.05, 0) is 61.6 Å². The molecule has 0 aromatic heterocycles. The fraction of sp³-hybridized carbons (Fsp3) is 0.381. The van der Waals surface area contributed by atoms with Crippen molar-refractivity contribution >= 4 is 16.0 Å². The first-order valence-electron chi connectivity index (χ1n) is 9.84. The fourth-order valence-corrected chi connectivity index (χ4v) is 4.10. The Balaban J connectivity index is 1.54. The van der Waals surface area contributed by atoms with E-state index < -0.39 is 10.0 Å². The second kappa shape index (κ2) is 9.84. The summed E-state index contributed by atoms with van der Waals surface area (Å²) in [5.41, 5.74) is 1.84. The largest absolute Gasteiger partial charge is 0.357 e. The summed E-state index contributed by atoms with van der Waals surface area (Å²) in [6, 6.07) is 13.4. The summed E-state index contributed by atoms with van der Waals surface area (Å²) in [4.78, 5) is 4.81. The van der Waals surface area contributed by atoms with Gasteiger partial charge in [-0.25, -0.2) is 22.5 Å². The predicted molar refractivity (Wildman–Crippen MR) is 113 cm³/mol. The number of nitrogens with one attached hydrogen (secondary N) is 3. The summed E-state index contributed by atoms with van der Waals surface area (Å²) in [5.74, 6) is 0.428. The van der Waals surface area contributed by atoms with Crippen molar-refractivity contribution in [1.29, 1.82) is 0 Å². The summed E-state index contributed by atoms with van der Waals surface area (Å²) >= 11 is 0. The highest BCUT2D eigenvalue weighted by atomic mass is 32.2. The minimum atomic E-state index is -3.43. The molecule has 0 amide bonds. The van der Waals surface area contributed by atoms with E-state index in [1.54, 1.807) is 30.3 Å². The quantitative estimate of drug-likeness (QED) is 0.432. The fourth-order valence-electron chi connectivity index (χ4n) is 2.79. The lowest BCUT2D eigenvalue weighted by Gasteiger charge is -2.11. The monoisotopic (exact) mass is 418 g/mol. The highest BCUT2D eigenvalue weighted by Crippen LogP contribution is 2.22. The van der Waals surface area contributed by atoms with Crippen molar-refractivity contribution in [2.24, 2.45) is 4.99 Å². The summed E-state index contributed by atoms with van der Waals surface area (Å²) in [7, 11) is -3.43. The van der Waals surface area contributed by atoms with E-state index in [0.29, 0.717) is 25.5 Å². The lowest BCUT2D eigenvalue weighted by atomic mass is 10.1. The number of guanidine groups is 1. The standard InChI is InChI=1S/C21H27FN4O2S/c1-2-23-21(24-13-12-16-4-3-5-18(22)14-16)25-15-17-6-10-20(11-7-17)29(27,28)26-19-8-9-19/h3-7,10-11,14,19,26H,2,8-9,12-13,15H2,1H3,(H2,23,24,25). The Bertz CT molecular complexity index is 941. The van der Waals surface area contributed by atoms with Crippen LogP contribution in [0.4, 0.5) is 4.39 Å². The van der Waals surface area contributed by atoms with E-state index >= 15 is 0 Å². The van der Waals surface area contributed by atoms with Gasteiger partial charge in [0.05, 0.1) is 11.4 Å². The van der Waals surface area contributed by atoms with Gasteiger partial charge in [-0.2, -0.15) is 0 Å². The zero-order chi connectivity index (χ0) is 20.7. The van der Waals surface area contributed by atoms with Crippen LogP contribution in [0.3, 0.4) is 0 Å². The van der Waals surface area contributed by atoms with Crippen LogP contribution in [0.15, 0.2) is 58.4 Å². The highest BCUT2D eigenvalue weighted by molar-refractivity contribution is 7.89. The van der Waals surface area contributed by atoms with Crippen LogP contribution in [0.2, 0.25) is 0 Å². The molecule has 29 heavy (non-hydrogen) atoms. The average Bonchev–Trinajstić information content (AvgIpc) is 3.50. The maximum absolute atomic E-state index is 13.3. The molecule has 0 radical (unpaired) electrons. The van der Waals surface area contributed by atoms with Crippen LogP contribution in [0.25, 0.3) is 0 Å². The summed E-state index contributed by atoms with van der Waals surface area (Å²) in [6.07, 6.45) is 2.50. The maximum Gasteiger partial charge on any atom is 0.240 e. The van der Waals surface area contributed by atoms with Gasteiger partial charge in [-0.15, -0.1) is 0 Å². The van der Waals surface area contributed by atoms with Gasteiger partial charge in [0, 0.05) is 19.1 Å². The van der Waals surface area contributed by atoms with Gasteiger partial charge in [-0.3, -0.25) is 0 Å². The molecule has 0 spiro atoms. The molecule has 3 rings (SSSR count). The van der Waals surface area contributed by atoms with Gasteiger partial charge in [0.15, 0.2) is 5.96 Å². The molecule has 0 aliphatic heterocycles. The number of halogens is 1. The van der Waals surface area contributed by atoms with Crippen molar-refractivity contribution in [2.45, 2.75) is 43.7 Å². The van der Waals surface area contributed by atoms with Crippen molar-refractivity contribution in [3.8, 4) is 0 Å². The van der Waals surface area contributed by atoms with Crippen molar-refractivity contribution in [3.63, 3.8) is 0 Å². The molecular formula is C21H27FN4O2S. The third-order valence-electron chi connectivity index (χ3n) is 4.49. The van der Waals surface area contributed by atoms with Crippen LogP contribution in [0.1, 0.15) is 30.9 Å². The molecule has 1 aliphatic rings. The molecule has 156 valence electrons. The van der Waals surface area contributed by atoms with Crippen LogP contribution in [0, 0.1) is 5.82 Å². The van der Waals surface area contributed by atoms with Crippen LogP contribution in [0.5, 0.6) is 0 Å². The number of benzene rings is 2. The van der Waals surface area contributed by atoms with E-state index in [1.165, 1.54) is 12.1 Å². The first-order chi connectivity index (χ1) is 14.0. The second-order valence-corrected chi connectivity index (χ2v) is 8.76. The van der Waals surface area contributed by atoms with Gasteiger partial charge in [-0.1, -0.05) is 24.3 Å². The van der Waals surface area contributed by atoms with E-state index in [0.717, 1.165) is 30.5 Å². The number of hydrogen-bond acceptors (Lipinski definition) is 3. The molecule has 3 N–H and O–H groups in total. The molecular weight excluding hydrogens is 391 g/mol. The number of rotatable bonds is 9. The molecule has 0 unspecified atom stereocenters. The molecule has 0 bridgehead atoms. The Morgan fingerprint density at radius 2 is 1.86 bits per heavy atom. The highest BCUT2D eigenvalue weighted by Gasteiger charge is 2.27. The molecule has 0 atom stereocenters. The van der Waals surface area contributed by atoms with Crippen LogP contribution >= 0.6 is 0 Å². The third-order valence-corrected chi connectivity index (χ3v) is 6.03. The smallest absolute Gasteiger partial charge is 0.240 e. The second-order valence-electron chi connectivity index (χ2n) is 7.04. The van der Waals surface area contributed by atoms with Gasteiger partial charge < -0.3 is 10.6 Å². The van der Waals surface area contributed by atoms with Gasteiger partial charge in [0.25, 0.3) is 0 Å². The number of nitrogens with zero attached hydrogens (tertiary/aromatic N) is 1. The molecule has 0 saturated heterocycles. The molecule has 8 heteroatoms. The molecule has 1 fully saturated rings. The first kappa shape index (κ1) is 21.3. The molecule has 1 saturated carbocycles. The van der Waals surface area contributed by atoms with E-state index in [1.807, 2.05) is 13.0 Å². The maximum atomic E-state index is 13.3. The first-order valence-corrected chi connectivity index (χ1v) is 11.3. The lowest BCUT2D eigenvalue weighted by molar-refractivity contribution is 0.581. The Labute approximate surface area is 171 Å². The van der Waals surface area contributed by atoms with E-state index in [9.17, 15) is 12.8 Å². The molecule has 6 nitrogen and oxygen atoms in total. The van der Waals surface area contributed by atoms with Crippen molar-refractivity contribution in [2.75, 3.05) is 13.1 Å². The lowest BCUT2D eigenvalue weighted by Crippen LogP contribution is -2.38. The average molecular weight is 419 g/mol. The van der Waals surface area contributed by atoms with E-state index in [4.69, 9.17) is 0 Å². The SMILES string of the molecule is CCNC(=NCc1ccc(S(=O)(=O)NC2CC2)cc1)NCCc1cccc(F)c1. The van der Waals surface area contributed by atoms with Crippen LogP contribution < -0.4 is 15.4 Å². The third kappa shape index (κ3) is 6.83. The van der Waals surface area contributed by atoms with Gasteiger partial charge >= 0.3 is 0 Å². The van der Waals surface area contributed by atoms with Crippen molar-refractivity contribution in [1.82, 2.24) is 15.4 Å². The summed E-state index contributed by atoms with van der Waals surface area (Å²) in [5, 5.41) is 6.41. The predicted octanol–water partition coefficient (Wildman–Crippen LogP) is 2.56. The number of sulfonamides is 1. The summed E-state index contributed by atoms with van der Waals surface area (Å²) in [6.45, 7) is 3.75. The Morgan fingerprint density at radius 3 is 2.52 bits per heavy atom. The Morgan fingerprint density at radius 1 is 1.10 bits per heavy atom. The molecule has 0 heterocycles. The number of hydrogen-bond donors (Lipinski definition) is 3. The van der Waals surface area contributed by atoms with Crippen LogP contribution in [-0.4, -0.2) is 33.5 Å².